The number of aromatic hydroxyl groups is 1. The van der Waals surface area contributed by atoms with E-state index in [2.05, 4.69) is 16.8 Å². The van der Waals surface area contributed by atoms with Gasteiger partial charge in [-0.25, -0.2) is 4.39 Å². The van der Waals surface area contributed by atoms with E-state index in [9.17, 15) is 19.4 Å². The summed E-state index contributed by atoms with van der Waals surface area (Å²) in [4.78, 5) is 13.3. The molecule has 0 radical (unpaired) electrons. The van der Waals surface area contributed by atoms with Crippen molar-refractivity contribution in [2.75, 3.05) is 13.2 Å². The van der Waals surface area contributed by atoms with E-state index in [-0.39, 0.29) is 31.0 Å². The number of fused-ring (bicyclic) bond motifs is 1. The number of benzene rings is 2. The van der Waals surface area contributed by atoms with Crippen LogP contribution in [0.3, 0.4) is 0 Å². The zero-order chi connectivity index (χ0) is 21.3. The summed E-state index contributed by atoms with van der Waals surface area (Å²) < 4.78 is 19.5. The fourth-order valence-corrected chi connectivity index (χ4v) is 3.72. The summed E-state index contributed by atoms with van der Waals surface area (Å²) in [6.45, 7) is 2.87. The number of ether oxygens (including phenoxy) is 1. The predicted octanol–water partition coefficient (Wildman–Crippen LogP) is 3.15. The van der Waals surface area contributed by atoms with Crippen molar-refractivity contribution in [3.8, 4) is 22.6 Å². The van der Waals surface area contributed by atoms with Gasteiger partial charge in [0, 0.05) is 25.4 Å². The van der Waals surface area contributed by atoms with Crippen molar-refractivity contribution >= 4 is 16.8 Å². The molecule has 1 saturated carbocycles. The highest BCUT2D eigenvalue weighted by molar-refractivity contribution is 5.91. The molecule has 0 saturated heterocycles. The number of aromatic amines is 1. The Balaban J connectivity index is 1.52. The quantitative estimate of drug-likeness (QED) is 0.519. The number of rotatable bonds is 7. The van der Waals surface area contributed by atoms with Gasteiger partial charge in [0.15, 0.2) is 5.83 Å². The summed E-state index contributed by atoms with van der Waals surface area (Å²) in [5, 5.41) is 26.6. The van der Waals surface area contributed by atoms with Crippen LogP contribution in [0.1, 0.15) is 12.8 Å². The van der Waals surface area contributed by atoms with Crippen molar-refractivity contribution in [1.29, 1.82) is 0 Å². The zero-order valence-corrected chi connectivity index (χ0v) is 16.2. The number of nitrogens with one attached hydrogen (secondary N) is 1. The van der Waals surface area contributed by atoms with Crippen LogP contribution in [0.15, 0.2) is 55.0 Å². The van der Waals surface area contributed by atoms with Crippen molar-refractivity contribution in [3.05, 3.63) is 55.0 Å². The number of H-pyrrole nitrogens is 1. The average molecular weight is 411 g/mol. The van der Waals surface area contributed by atoms with Gasteiger partial charge in [0.05, 0.1) is 23.7 Å². The summed E-state index contributed by atoms with van der Waals surface area (Å²) in [6.07, 6.45) is 2.60. The van der Waals surface area contributed by atoms with Crippen LogP contribution < -0.4 is 4.74 Å². The number of carbonyl (C=O) groups is 1. The number of phenols is 1. The smallest absolute Gasteiger partial charge is 0.282 e. The van der Waals surface area contributed by atoms with E-state index in [1.165, 1.54) is 4.90 Å². The first-order chi connectivity index (χ1) is 14.5. The maximum atomic E-state index is 13.3. The third-order valence-electron chi connectivity index (χ3n) is 5.36. The number of aliphatic hydroxyl groups excluding tert-OH is 1. The van der Waals surface area contributed by atoms with Crippen molar-refractivity contribution in [3.63, 3.8) is 0 Å². The lowest BCUT2D eigenvalue weighted by Gasteiger charge is -2.42. The van der Waals surface area contributed by atoms with Gasteiger partial charge in [-0.3, -0.25) is 9.89 Å². The minimum atomic E-state index is -1.03. The van der Waals surface area contributed by atoms with Gasteiger partial charge in [-0.1, -0.05) is 18.7 Å². The molecule has 1 fully saturated rings. The molecule has 1 amide bonds. The van der Waals surface area contributed by atoms with Gasteiger partial charge in [-0.15, -0.1) is 0 Å². The number of amides is 1. The number of phenolic OH excluding ortho intramolecular Hbond substituents is 1. The Hall–Kier alpha value is -3.39. The first kappa shape index (κ1) is 19.9. The predicted molar refractivity (Wildman–Crippen MR) is 110 cm³/mol. The molecular weight excluding hydrogens is 389 g/mol. The monoisotopic (exact) mass is 411 g/mol. The van der Waals surface area contributed by atoms with Gasteiger partial charge in [0.1, 0.15) is 17.6 Å². The summed E-state index contributed by atoms with van der Waals surface area (Å²) >= 11 is 0. The van der Waals surface area contributed by atoms with Crippen LogP contribution in [0.25, 0.3) is 22.0 Å². The Morgan fingerprint density at radius 3 is 2.67 bits per heavy atom. The van der Waals surface area contributed by atoms with Gasteiger partial charge in [0.25, 0.3) is 5.91 Å². The minimum Gasteiger partial charge on any atom is -0.508 e. The zero-order valence-electron chi connectivity index (χ0n) is 16.2. The first-order valence-corrected chi connectivity index (χ1v) is 9.65. The van der Waals surface area contributed by atoms with Crippen LogP contribution in [0, 0.1) is 0 Å². The summed E-state index contributed by atoms with van der Waals surface area (Å²) in [6, 6.07) is 10.5. The van der Waals surface area contributed by atoms with Crippen LogP contribution in [-0.2, 0) is 4.79 Å². The largest absolute Gasteiger partial charge is 0.508 e. The van der Waals surface area contributed by atoms with Crippen molar-refractivity contribution in [2.24, 2.45) is 0 Å². The molecule has 3 N–H and O–H groups in total. The molecule has 0 bridgehead atoms. The molecule has 30 heavy (non-hydrogen) atoms. The Bertz CT molecular complexity index is 1070. The third-order valence-corrected chi connectivity index (χ3v) is 5.36. The Labute approximate surface area is 172 Å². The topological polar surface area (TPSA) is 98.7 Å². The molecule has 0 unspecified atom stereocenters. The lowest BCUT2D eigenvalue weighted by Crippen LogP contribution is -2.52. The summed E-state index contributed by atoms with van der Waals surface area (Å²) in [5.41, 5.74) is 2.64. The van der Waals surface area contributed by atoms with Gasteiger partial charge in [-0.2, -0.15) is 5.10 Å². The number of halogens is 1. The van der Waals surface area contributed by atoms with E-state index in [1.807, 2.05) is 24.3 Å². The Morgan fingerprint density at radius 1 is 1.27 bits per heavy atom. The molecule has 3 aromatic rings. The van der Waals surface area contributed by atoms with Gasteiger partial charge >= 0.3 is 0 Å². The average Bonchev–Trinajstić information content (AvgIpc) is 3.17. The van der Waals surface area contributed by atoms with Gasteiger partial charge in [-0.05, 0) is 35.4 Å². The third kappa shape index (κ3) is 3.86. The SMILES string of the molecule is C=C(F)C(=O)N(CCO)C1CC(Oc2cc(-c3ccc(O)cc3)cc3[nH]ncc23)C1. The second-order valence-corrected chi connectivity index (χ2v) is 7.34. The lowest BCUT2D eigenvalue weighted by molar-refractivity contribution is -0.135. The highest BCUT2D eigenvalue weighted by Crippen LogP contribution is 2.36. The van der Waals surface area contributed by atoms with E-state index < -0.39 is 11.7 Å². The number of hydrogen-bond acceptors (Lipinski definition) is 5. The lowest BCUT2D eigenvalue weighted by atomic mass is 9.87. The molecule has 4 rings (SSSR count). The van der Waals surface area contributed by atoms with E-state index in [4.69, 9.17) is 4.74 Å². The Morgan fingerprint density at radius 2 is 2.00 bits per heavy atom. The molecule has 1 aliphatic rings. The highest BCUT2D eigenvalue weighted by Gasteiger charge is 2.38. The number of hydrogen-bond donors (Lipinski definition) is 3. The number of carbonyl (C=O) groups excluding carboxylic acids is 1. The minimum absolute atomic E-state index is 0.0570. The fourth-order valence-electron chi connectivity index (χ4n) is 3.72. The van der Waals surface area contributed by atoms with Crippen LogP contribution in [0.4, 0.5) is 4.39 Å². The molecule has 8 heteroatoms. The van der Waals surface area contributed by atoms with E-state index in [0.717, 1.165) is 22.0 Å². The first-order valence-electron chi connectivity index (χ1n) is 9.65. The molecule has 2 aromatic carbocycles. The van der Waals surface area contributed by atoms with E-state index in [1.54, 1.807) is 18.3 Å². The Kier molecular flexibility index (Phi) is 5.41. The van der Waals surface area contributed by atoms with Crippen LogP contribution in [0.5, 0.6) is 11.5 Å². The number of nitrogens with zero attached hydrogens (tertiary/aromatic N) is 2. The second kappa shape index (κ2) is 8.16. The van der Waals surface area contributed by atoms with Crippen LogP contribution in [-0.4, -0.2) is 56.5 Å². The molecule has 1 aliphatic carbocycles. The molecule has 7 nitrogen and oxygen atoms in total. The normalized spacial score (nSPS) is 18.1. The van der Waals surface area contributed by atoms with Crippen molar-refractivity contribution < 1.29 is 24.1 Å². The molecule has 0 spiro atoms. The fraction of sp³-hybridized carbons (Fsp3) is 0.273. The van der Waals surface area contributed by atoms with Crippen LogP contribution >= 0.6 is 0 Å². The van der Waals surface area contributed by atoms with E-state index in [0.29, 0.717) is 18.6 Å². The molecule has 1 heterocycles. The number of aromatic nitrogens is 2. The molecule has 156 valence electrons. The molecule has 0 atom stereocenters. The number of aliphatic hydroxyl groups is 1. The van der Waals surface area contributed by atoms with Crippen LogP contribution in [0.2, 0.25) is 0 Å². The summed E-state index contributed by atoms with van der Waals surface area (Å²) in [5.74, 6) is -0.979. The summed E-state index contributed by atoms with van der Waals surface area (Å²) in [7, 11) is 0. The van der Waals surface area contributed by atoms with E-state index >= 15 is 0 Å². The van der Waals surface area contributed by atoms with Gasteiger partial charge < -0.3 is 19.8 Å². The maximum Gasteiger partial charge on any atom is 0.282 e. The molecular formula is C22H22FN3O4. The maximum absolute atomic E-state index is 13.3. The van der Waals surface area contributed by atoms with Crippen molar-refractivity contribution in [2.45, 2.75) is 25.0 Å². The molecule has 0 aliphatic heterocycles. The van der Waals surface area contributed by atoms with Crippen molar-refractivity contribution in [1.82, 2.24) is 15.1 Å². The highest BCUT2D eigenvalue weighted by atomic mass is 19.1. The van der Waals surface area contributed by atoms with Gasteiger partial charge in [0.2, 0.25) is 0 Å². The standard InChI is InChI=1S/C22H22FN3O4/c1-13(23)22(29)26(6-7-27)16-10-18(11-16)30-21-9-15(8-20-19(21)12-24-25-20)14-2-4-17(28)5-3-14/h2-5,8-9,12,16,18,27-28H,1,6-7,10-11H2,(H,24,25). The second-order valence-electron chi connectivity index (χ2n) is 7.34. The molecule has 1 aromatic heterocycles.